The van der Waals surface area contributed by atoms with Gasteiger partial charge < -0.3 is 18.9 Å². The fourth-order valence-corrected chi connectivity index (χ4v) is 5.94. The van der Waals surface area contributed by atoms with Gasteiger partial charge in [-0.3, -0.25) is 5.41 Å². The van der Waals surface area contributed by atoms with Crippen molar-refractivity contribution in [2.75, 3.05) is 13.2 Å². The van der Waals surface area contributed by atoms with Crippen molar-refractivity contribution in [3.63, 3.8) is 0 Å². The molecule has 3 aliphatic heterocycles. The molecule has 3 saturated heterocycles. The summed E-state index contributed by atoms with van der Waals surface area (Å²) < 4.78 is 24.8. The van der Waals surface area contributed by atoms with Gasteiger partial charge >= 0.3 is 0 Å². The van der Waals surface area contributed by atoms with E-state index >= 15 is 0 Å². The molecule has 1 spiro atoms. The number of rotatable bonds is 1. The standard InChI is InChI=1S/C21H17BrN4O4/c22-14-3-1-2-13(8-14)16-18(10-23,11-24)20(12-25)15-9-19(27-6-7-28-19)4-5-21(15,29-16)30-17(20)26/h1-3,8,15-16,26H,4-7,9H2. The van der Waals surface area contributed by atoms with Crippen molar-refractivity contribution in [3.8, 4) is 18.2 Å². The minimum Gasteiger partial charge on any atom is -0.447 e. The van der Waals surface area contributed by atoms with Crippen molar-refractivity contribution in [2.24, 2.45) is 16.7 Å². The lowest BCUT2D eigenvalue weighted by molar-refractivity contribution is -0.330. The molecular weight excluding hydrogens is 452 g/mol. The molecule has 1 aromatic rings. The maximum absolute atomic E-state index is 10.4. The number of hydrogen-bond donors (Lipinski definition) is 1. The number of nitriles is 3. The summed E-state index contributed by atoms with van der Waals surface area (Å²) in [5.74, 6) is -3.35. The van der Waals surface area contributed by atoms with Crippen molar-refractivity contribution < 1.29 is 18.9 Å². The average molecular weight is 469 g/mol. The predicted octanol–water partition coefficient (Wildman–Crippen LogP) is 3.31. The van der Waals surface area contributed by atoms with E-state index < -0.39 is 40.3 Å². The quantitative estimate of drug-likeness (QED) is 0.667. The molecule has 0 radical (unpaired) electrons. The third-order valence-corrected chi connectivity index (χ3v) is 7.38. The molecule has 4 atom stereocenters. The lowest BCUT2D eigenvalue weighted by Crippen LogP contribution is -2.63. The van der Waals surface area contributed by atoms with E-state index in [4.69, 9.17) is 24.4 Å². The monoisotopic (exact) mass is 468 g/mol. The van der Waals surface area contributed by atoms with Crippen LogP contribution in [0.2, 0.25) is 0 Å². The van der Waals surface area contributed by atoms with Crippen molar-refractivity contribution in [2.45, 2.75) is 36.9 Å². The molecule has 0 aromatic heterocycles. The Bertz CT molecular complexity index is 1050. The fraction of sp³-hybridized carbons (Fsp3) is 0.524. The molecular formula is C21H17BrN4O4. The first kappa shape index (κ1) is 19.5. The summed E-state index contributed by atoms with van der Waals surface area (Å²) in [7, 11) is 0. The molecule has 1 aliphatic carbocycles. The van der Waals surface area contributed by atoms with Crippen LogP contribution in [0.25, 0.3) is 0 Å². The van der Waals surface area contributed by atoms with Gasteiger partial charge in [0, 0.05) is 23.7 Å². The predicted molar refractivity (Wildman–Crippen MR) is 103 cm³/mol. The van der Waals surface area contributed by atoms with E-state index in [0.717, 1.165) is 4.47 Å². The molecule has 3 heterocycles. The minimum atomic E-state index is -1.98. The van der Waals surface area contributed by atoms with Crippen molar-refractivity contribution in [1.82, 2.24) is 0 Å². The van der Waals surface area contributed by atoms with Gasteiger partial charge in [0.05, 0.1) is 37.3 Å². The van der Waals surface area contributed by atoms with Gasteiger partial charge in [0.1, 0.15) is 6.10 Å². The number of hydrogen-bond acceptors (Lipinski definition) is 8. The Morgan fingerprint density at radius 3 is 2.43 bits per heavy atom. The Kier molecular flexibility index (Phi) is 4.07. The van der Waals surface area contributed by atoms with Gasteiger partial charge in [-0.25, -0.2) is 0 Å². The maximum Gasteiger partial charge on any atom is 0.218 e. The molecule has 4 fully saturated rings. The molecule has 8 nitrogen and oxygen atoms in total. The number of ether oxygens (including phenoxy) is 4. The molecule has 5 rings (SSSR count). The highest BCUT2D eigenvalue weighted by Crippen LogP contribution is 2.70. The van der Waals surface area contributed by atoms with Crippen LogP contribution >= 0.6 is 15.9 Å². The van der Waals surface area contributed by atoms with E-state index in [9.17, 15) is 15.8 Å². The van der Waals surface area contributed by atoms with Crippen LogP contribution in [0.5, 0.6) is 0 Å². The molecule has 1 aromatic carbocycles. The van der Waals surface area contributed by atoms with Crippen LogP contribution in [-0.2, 0) is 18.9 Å². The molecule has 152 valence electrons. The highest BCUT2D eigenvalue weighted by Gasteiger charge is 2.82. The summed E-state index contributed by atoms with van der Waals surface area (Å²) in [6.07, 6.45) is -0.0707. The van der Waals surface area contributed by atoms with Crippen LogP contribution in [0.3, 0.4) is 0 Å². The second-order valence-corrected chi connectivity index (χ2v) is 9.03. The van der Waals surface area contributed by atoms with Crippen LogP contribution in [-0.4, -0.2) is 30.7 Å². The summed E-state index contributed by atoms with van der Waals surface area (Å²) in [5, 5.41) is 39.6. The maximum atomic E-state index is 10.4. The second-order valence-electron chi connectivity index (χ2n) is 8.11. The SMILES string of the molecule is N#CC1(C#N)C(c2cccc(Br)c2)OC23CCC4(CC2C1(C#N)C(=N)O3)OCCO4. The Morgan fingerprint density at radius 1 is 1.07 bits per heavy atom. The third-order valence-electron chi connectivity index (χ3n) is 6.88. The van der Waals surface area contributed by atoms with Crippen molar-refractivity contribution in [3.05, 3.63) is 34.3 Å². The largest absolute Gasteiger partial charge is 0.447 e. The van der Waals surface area contributed by atoms with Gasteiger partial charge in [0.15, 0.2) is 11.2 Å². The molecule has 1 saturated carbocycles. The molecule has 30 heavy (non-hydrogen) atoms. The highest BCUT2D eigenvalue weighted by molar-refractivity contribution is 9.10. The summed E-state index contributed by atoms with van der Waals surface area (Å²) >= 11 is 3.41. The number of halogens is 1. The lowest BCUT2D eigenvalue weighted by Gasteiger charge is -2.54. The first-order valence-corrected chi connectivity index (χ1v) is 10.4. The minimum absolute atomic E-state index is 0.208. The lowest BCUT2D eigenvalue weighted by atomic mass is 9.51. The Labute approximate surface area is 181 Å². The van der Waals surface area contributed by atoms with Gasteiger partial charge in [-0.1, -0.05) is 28.1 Å². The van der Waals surface area contributed by atoms with Crippen molar-refractivity contribution in [1.29, 1.82) is 21.2 Å². The van der Waals surface area contributed by atoms with Crippen LogP contribution in [0.1, 0.15) is 30.9 Å². The second kappa shape index (κ2) is 6.26. The van der Waals surface area contributed by atoms with Gasteiger partial charge in [-0.05, 0) is 17.7 Å². The van der Waals surface area contributed by atoms with Crippen molar-refractivity contribution >= 4 is 21.8 Å². The van der Waals surface area contributed by atoms with Gasteiger partial charge in [-0.15, -0.1) is 0 Å². The summed E-state index contributed by atoms with van der Waals surface area (Å²) in [5.41, 5.74) is -3.23. The Hall–Kier alpha value is -2.48. The number of nitrogens with zero attached hydrogens (tertiary/aromatic N) is 3. The first-order chi connectivity index (χ1) is 14.4. The number of benzene rings is 1. The average Bonchev–Trinajstić information content (AvgIpc) is 3.28. The zero-order valence-corrected chi connectivity index (χ0v) is 17.4. The summed E-state index contributed by atoms with van der Waals surface area (Å²) in [6, 6.07) is 13.4. The van der Waals surface area contributed by atoms with E-state index in [0.29, 0.717) is 31.6 Å². The molecule has 9 heteroatoms. The third kappa shape index (κ3) is 2.15. The molecule has 1 N–H and O–H groups in total. The fourth-order valence-electron chi connectivity index (χ4n) is 5.52. The van der Waals surface area contributed by atoms with Crippen LogP contribution < -0.4 is 0 Å². The van der Waals surface area contributed by atoms with E-state index in [1.807, 2.05) is 6.07 Å². The smallest absolute Gasteiger partial charge is 0.218 e. The molecule has 4 aliphatic rings. The van der Waals surface area contributed by atoms with Crippen LogP contribution in [0.4, 0.5) is 0 Å². The summed E-state index contributed by atoms with van der Waals surface area (Å²) in [4.78, 5) is 0. The first-order valence-electron chi connectivity index (χ1n) is 9.64. The van der Waals surface area contributed by atoms with Gasteiger partial charge in [0.25, 0.3) is 0 Å². The van der Waals surface area contributed by atoms with Gasteiger partial charge in [0.2, 0.25) is 17.1 Å². The number of nitrogens with one attached hydrogen (secondary N) is 1. The van der Waals surface area contributed by atoms with Crippen LogP contribution in [0.15, 0.2) is 28.7 Å². The zero-order chi connectivity index (χ0) is 21.2. The van der Waals surface area contributed by atoms with Gasteiger partial charge in [-0.2, -0.15) is 15.8 Å². The zero-order valence-electron chi connectivity index (χ0n) is 15.9. The molecule has 4 unspecified atom stereocenters. The summed E-state index contributed by atoms with van der Waals surface area (Å²) in [6.45, 7) is 0.863. The van der Waals surface area contributed by atoms with Crippen LogP contribution in [0, 0.1) is 56.2 Å². The van der Waals surface area contributed by atoms with E-state index in [2.05, 4.69) is 34.1 Å². The van der Waals surface area contributed by atoms with E-state index in [1.165, 1.54) is 0 Å². The topological polar surface area (TPSA) is 132 Å². The molecule has 0 amide bonds. The Morgan fingerprint density at radius 2 is 1.80 bits per heavy atom. The van der Waals surface area contributed by atoms with E-state index in [1.54, 1.807) is 18.2 Å². The normalized spacial score (nSPS) is 37.5. The Balaban J connectivity index is 1.73. The molecule has 2 bridgehead atoms. The van der Waals surface area contributed by atoms with E-state index in [-0.39, 0.29) is 6.42 Å². The highest BCUT2D eigenvalue weighted by atomic mass is 79.9.